The lowest BCUT2D eigenvalue weighted by atomic mass is 10.1. The van der Waals surface area contributed by atoms with Crippen molar-refractivity contribution in [3.8, 4) is 11.5 Å². The van der Waals surface area contributed by atoms with Crippen LogP contribution in [0.4, 0.5) is 0 Å². The highest BCUT2D eigenvalue weighted by Gasteiger charge is 2.10. The normalized spacial score (nSPS) is 10.6. The fourth-order valence-electron chi connectivity index (χ4n) is 2.00. The monoisotopic (exact) mass is 319 g/mol. The van der Waals surface area contributed by atoms with Crippen LogP contribution < -0.4 is 10.5 Å². The van der Waals surface area contributed by atoms with Gasteiger partial charge in [-0.1, -0.05) is 28.1 Å². The van der Waals surface area contributed by atoms with Crippen LogP contribution in [0, 0.1) is 20.8 Å². The highest BCUT2D eigenvalue weighted by Crippen LogP contribution is 2.33. The van der Waals surface area contributed by atoms with E-state index in [-0.39, 0.29) is 0 Å². The lowest BCUT2D eigenvalue weighted by Crippen LogP contribution is -2.01. The summed E-state index contributed by atoms with van der Waals surface area (Å²) in [6.07, 6.45) is 0. The van der Waals surface area contributed by atoms with E-state index >= 15 is 0 Å². The highest BCUT2D eigenvalue weighted by molar-refractivity contribution is 9.10. The van der Waals surface area contributed by atoms with E-state index in [0.29, 0.717) is 6.54 Å². The molecule has 0 aliphatic heterocycles. The Hall–Kier alpha value is -1.32. The van der Waals surface area contributed by atoms with Crippen LogP contribution >= 0.6 is 15.9 Å². The third kappa shape index (κ3) is 2.99. The SMILES string of the molecule is Cc1ccc(C)c(Oc2ccc(Br)cc2CN)c1C. The molecular formula is C16H18BrNO. The van der Waals surface area contributed by atoms with Crippen LogP contribution in [0.5, 0.6) is 11.5 Å². The van der Waals surface area contributed by atoms with Gasteiger partial charge in [0.15, 0.2) is 0 Å². The summed E-state index contributed by atoms with van der Waals surface area (Å²) >= 11 is 3.45. The molecule has 0 aliphatic rings. The predicted molar refractivity (Wildman–Crippen MR) is 82.8 cm³/mol. The molecule has 2 nitrogen and oxygen atoms in total. The Morgan fingerprint density at radius 2 is 1.74 bits per heavy atom. The quantitative estimate of drug-likeness (QED) is 0.895. The molecule has 2 aromatic carbocycles. The fourth-order valence-corrected chi connectivity index (χ4v) is 2.41. The van der Waals surface area contributed by atoms with Crippen LogP contribution in [-0.4, -0.2) is 0 Å². The van der Waals surface area contributed by atoms with Crippen LogP contribution in [0.2, 0.25) is 0 Å². The van der Waals surface area contributed by atoms with Crippen molar-refractivity contribution in [2.75, 3.05) is 0 Å². The van der Waals surface area contributed by atoms with E-state index < -0.39 is 0 Å². The first-order valence-electron chi connectivity index (χ1n) is 6.26. The molecule has 0 unspecified atom stereocenters. The molecule has 0 aromatic heterocycles. The Morgan fingerprint density at radius 3 is 2.42 bits per heavy atom. The summed E-state index contributed by atoms with van der Waals surface area (Å²) in [4.78, 5) is 0. The van der Waals surface area contributed by atoms with Crippen molar-refractivity contribution in [2.45, 2.75) is 27.3 Å². The smallest absolute Gasteiger partial charge is 0.133 e. The summed E-state index contributed by atoms with van der Waals surface area (Å²) in [7, 11) is 0. The van der Waals surface area contributed by atoms with Crippen molar-refractivity contribution >= 4 is 15.9 Å². The first kappa shape index (κ1) is 14.1. The minimum atomic E-state index is 0.457. The van der Waals surface area contributed by atoms with Crippen molar-refractivity contribution in [3.05, 3.63) is 57.1 Å². The minimum absolute atomic E-state index is 0.457. The number of rotatable bonds is 3. The summed E-state index contributed by atoms with van der Waals surface area (Å²) in [5.41, 5.74) is 10.3. The zero-order valence-corrected chi connectivity index (χ0v) is 13.0. The molecule has 0 atom stereocenters. The number of ether oxygens (including phenoxy) is 1. The van der Waals surface area contributed by atoms with Gasteiger partial charge in [-0.05, 0) is 55.7 Å². The predicted octanol–water partition coefficient (Wildman–Crippen LogP) is 4.63. The third-order valence-electron chi connectivity index (χ3n) is 3.33. The van der Waals surface area contributed by atoms with Crippen LogP contribution in [0.25, 0.3) is 0 Å². The van der Waals surface area contributed by atoms with Crippen molar-refractivity contribution < 1.29 is 4.74 Å². The zero-order chi connectivity index (χ0) is 14.0. The van der Waals surface area contributed by atoms with Gasteiger partial charge in [0.1, 0.15) is 11.5 Å². The van der Waals surface area contributed by atoms with E-state index in [1.165, 1.54) is 11.1 Å². The van der Waals surface area contributed by atoms with E-state index in [2.05, 4.69) is 48.8 Å². The molecule has 0 aliphatic carbocycles. The van der Waals surface area contributed by atoms with Gasteiger partial charge in [0.25, 0.3) is 0 Å². The molecule has 19 heavy (non-hydrogen) atoms. The maximum absolute atomic E-state index is 6.10. The Labute approximate surface area is 122 Å². The number of halogens is 1. The molecule has 0 saturated heterocycles. The summed E-state index contributed by atoms with van der Waals surface area (Å²) in [6, 6.07) is 10.1. The molecule has 0 amide bonds. The Kier molecular flexibility index (Phi) is 4.27. The van der Waals surface area contributed by atoms with E-state index in [4.69, 9.17) is 10.5 Å². The Bertz CT molecular complexity index is 608. The molecule has 2 rings (SSSR count). The standard InChI is InChI=1S/C16H18BrNO/c1-10-4-5-11(2)16(12(10)3)19-15-7-6-14(17)8-13(15)9-18/h4-8H,9,18H2,1-3H3. The van der Waals surface area contributed by atoms with Gasteiger partial charge in [-0.2, -0.15) is 0 Å². The maximum atomic E-state index is 6.10. The van der Waals surface area contributed by atoms with Gasteiger partial charge in [0, 0.05) is 16.6 Å². The number of benzene rings is 2. The van der Waals surface area contributed by atoms with Crippen molar-refractivity contribution in [1.82, 2.24) is 0 Å². The van der Waals surface area contributed by atoms with E-state index in [0.717, 1.165) is 27.1 Å². The molecule has 0 spiro atoms. The average molecular weight is 320 g/mol. The minimum Gasteiger partial charge on any atom is -0.456 e. The first-order chi connectivity index (χ1) is 9.02. The number of aryl methyl sites for hydroxylation is 2. The maximum Gasteiger partial charge on any atom is 0.133 e. The lowest BCUT2D eigenvalue weighted by Gasteiger charge is -2.16. The van der Waals surface area contributed by atoms with Crippen LogP contribution in [-0.2, 0) is 6.54 Å². The highest BCUT2D eigenvalue weighted by atomic mass is 79.9. The third-order valence-corrected chi connectivity index (χ3v) is 3.82. The number of nitrogens with two attached hydrogens (primary N) is 1. The average Bonchev–Trinajstić information content (AvgIpc) is 2.40. The van der Waals surface area contributed by atoms with Crippen LogP contribution in [0.1, 0.15) is 22.3 Å². The second-order valence-electron chi connectivity index (χ2n) is 4.71. The second-order valence-corrected chi connectivity index (χ2v) is 5.63. The van der Waals surface area contributed by atoms with Gasteiger partial charge in [-0.25, -0.2) is 0 Å². The Balaban J connectivity index is 2.44. The fraction of sp³-hybridized carbons (Fsp3) is 0.250. The molecule has 100 valence electrons. The molecule has 2 N–H and O–H groups in total. The van der Waals surface area contributed by atoms with Gasteiger partial charge in [-0.3, -0.25) is 0 Å². The first-order valence-corrected chi connectivity index (χ1v) is 7.05. The molecule has 0 fully saturated rings. The second kappa shape index (κ2) is 5.76. The Morgan fingerprint density at radius 1 is 1.05 bits per heavy atom. The molecule has 0 saturated carbocycles. The van der Waals surface area contributed by atoms with Crippen molar-refractivity contribution in [1.29, 1.82) is 0 Å². The van der Waals surface area contributed by atoms with Gasteiger partial charge < -0.3 is 10.5 Å². The van der Waals surface area contributed by atoms with E-state index in [1.807, 2.05) is 18.2 Å². The molecule has 0 radical (unpaired) electrons. The largest absolute Gasteiger partial charge is 0.456 e. The topological polar surface area (TPSA) is 35.2 Å². The summed E-state index contributed by atoms with van der Waals surface area (Å²) in [6.45, 7) is 6.69. The van der Waals surface area contributed by atoms with Crippen molar-refractivity contribution in [2.24, 2.45) is 5.73 Å². The molecule has 2 aromatic rings. The van der Waals surface area contributed by atoms with Crippen LogP contribution in [0.3, 0.4) is 0 Å². The summed E-state index contributed by atoms with van der Waals surface area (Å²) in [5, 5.41) is 0. The van der Waals surface area contributed by atoms with Crippen LogP contribution in [0.15, 0.2) is 34.8 Å². The molecule has 0 bridgehead atoms. The zero-order valence-electron chi connectivity index (χ0n) is 11.5. The lowest BCUT2D eigenvalue weighted by molar-refractivity contribution is 0.468. The van der Waals surface area contributed by atoms with Gasteiger partial charge in [0.05, 0.1) is 0 Å². The molecular weight excluding hydrogens is 302 g/mol. The summed E-state index contributed by atoms with van der Waals surface area (Å²) in [5.74, 6) is 1.75. The molecule has 0 heterocycles. The van der Waals surface area contributed by atoms with E-state index in [1.54, 1.807) is 0 Å². The number of hydrogen-bond donors (Lipinski definition) is 1. The van der Waals surface area contributed by atoms with Gasteiger partial charge in [0.2, 0.25) is 0 Å². The number of hydrogen-bond acceptors (Lipinski definition) is 2. The van der Waals surface area contributed by atoms with E-state index in [9.17, 15) is 0 Å². The van der Waals surface area contributed by atoms with Crippen molar-refractivity contribution in [3.63, 3.8) is 0 Å². The van der Waals surface area contributed by atoms with Gasteiger partial charge >= 0.3 is 0 Å². The summed E-state index contributed by atoms with van der Waals surface area (Å²) < 4.78 is 7.11. The van der Waals surface area contributed by atoms with Gasteiger partial charge in [-0.15, -0.1) is 0 Å². The molecule has 3 heteroatoms.